The maximum atomic E-state index is 13.8. The summed E-state index contributed by atoms with van der Waals surface area (Å²) in [6, 6.07) is 18.3. The number of carbonyl (C=O) groups is 2. The summed E-state index contributed by atoms with van der Waals surface area (Å²) in [4.78, 5) is 47.3. The highest BCUT2D eigenvalue weighted by molar-refractivity contribution is 7.46. The summed E-state index contributed by atoms with van der Waals surface area (Å²) in [5.41, 5.74) is 5.47. The molecule has 1 heterocycles. The Bertz CT molecular complexity index is 1420. The Labute approximate surface area is 229 Å². The van der Waals surface area contributed by atoms with Crippen molar-refractivity contribution in [2.24, 2.45) is 0 Å². The number of anilines is 2. The molecule has 8 nitrogen and oxygen atoms in total. The number of nitrogens with zero attached hydrogens (tertiary/aromatic N) is 1. The maximum Gasteiger partial charge on any atom is 0.470 e. The topological polar surface area (TPSA) is 116 Å². The molecule has 0 fully saturated rings. The van der Waals surface area contributed by atoms with Crippen molar-refractivity contribution < 1.29 is 28.5 Å². The lowest BCUT2D eigenvalue weighted by atomic mass is 9.98. The highest BCUT2D eigenvalue weighted by Crippen LogP contribution is 2.47. The lowest BCUT2D eigenvalue weighted by Gasteiger charge is -2.26. The van der Waals surface area contributed by atoms with E-state index in [0.29, 0.717) is 53.0 Å². The van der Waals surface area contributed by atoms with Crippen molar-refractivity contribution >= 4 is 31.0 Å². The second-order valence-corrected chi connectivity index (χ2v) is 11.2. The molecule has 3 aromatic carbocycles. The summed E-state index contributed by atoms with van der Waals surface area (Å²) in [5, 5.41) is 2.91. The normalized spacial score (nSPS) is 15.4. The van der Waals surface area contributed by atoms with Gasteiger partial charge in [0.05, 0.1) is 6.10 Å². The van der Waals surface area contributed by atoms with Crippen LogP contribution in [-0.4, -0.2) is 28.1 Å². The molecule has 206 valence electrons. The highest BCUT2D eigenvalue weighted by Gasteiger charge is 2.32. The van der Waals surface area contributed by atoms with E-state index in [1.54, 1.807) is 29.2 Å². The van der Waals surface area contributed by atoms with Gasteiger partial charge in [0.15, 0.2) is 0 Å². The van der Waals surface area contributed by atoms with Gasteiger partial charge < -0.3 is 20.0 Å². The number of carbonyl (C=O) groups excluding carboxylic acids is 2. The van der Waals surface area contributed by atoms with Crippen LogP contribution in [0, 0.1) is 13.8 Å². The number of hydrogen-bond donors (Lipinski definition) is 3. The second kappa shape index (κ2) is 12.3. The van der Waals surface area contributed by atoms with Crippen LogP contribution in [0.4, 0.5) is 11.4 Å². The van der Waals surface area contributed by atoms with Crippen LogP contribution >= 0.6 is 7.82 Å². The Morgan fingerprint density at radius 3 is 2.49 bits per heavy atom. The van der Waals surface area contributed by atoms with Crippen molar-refractivity contribution in [3.8, 4) is 0 Å². The number of amides is 2. The minimum Gasteiger partial charge on any atom is -0.322 e. The molecule has 2 amide bonds. The quantitative estimate of drug-likeness (QED) is 0.276. The number of nitrogens with one attached hydrogen (secondary N) is 1. The second-order valence-electron chi connectivity index (χ2n) is 9.98. The zero-order valence-electron chi connectivity index (χ0n) is 22.5. The number of phosphoric ester groups is 1. The van der Waals surface area contributed by atoms with Gasteiger partial charge in [0.2, 0.25) is 0 Å². The monoisotopic (exact) mass is 550 g/mol. The molecule has 1 aliphatic heterocycles. The first-order valence-electron chi connectivity index (χ1n) is 13.2. The molecular weight excluding hydrogens is 515 g/mol. The fourth-order valence-corrected chi connectivity index (χ4v) is 5.54. The summed E-state index contributed by atoms with van der Waals surface area (Å²) in [5.74, 6) is -0.438. The fraction of sp³-hybridized carbons (Fsp3) is 0.333. The van der Waals surface area contributed by atoms with Crippen molar-refractivity contribution in [2.75, 3.05) is 16.8 Å². The molecule has 0 aliphatic carbocycles. The number of benzene rings is 3. The van der Waals surface area contributed by atoms with Crippen LogP contribution in [-0.2, 0) is 15.5 Å². The van der Waals surface area contributed by atoms with Gasteiger partial charge in [-0.25, -0.2) is 4.57 Å². The summed E-state index contributed by atoms with van der Waals surface area (Å²) in [6.07, 6.45) is 2.90. The van der Waals surface area contributed by atoms with Crippen LogP contribution in [0.5, 0.6) is 0 Å². The van der Waals surface area contributed by atoms with E-state index in [0.717, 1.165) is 30.4 Å². The molecule has 0 bridgehead atoms. The third-order valence-corrected chi connectivity index (χ3v) is 7.54. The zero-order chi connectivity index (χ0) is 28.2. The van der Waals surface area contributed by atoms with Crippen LogP contribution in [0.15, 0.2) is 60.7 Å². The summed E-state index contributed by atoms with van der Waals surface area (Å²) < 4.78 is 16.9. The van der Waals surface area contributed by atoms with E-state index in [1.165, 1.54) is 0 Å². The Morgan fingerprint density at radius 2 is 1.79 bits per heavy atom. The van der Waals surface area contributed by atoms with Crippen LogP contribution in [0.1, 0.15) is 81.7 Å². The largest absolute Gasteiger partial charge is 0.470 e. The molecule has 0 saturated heterocycles. The number of unbranched alkanes of at least 4 members (excludes halogenated alkanes) is 1. The smallest absolute Gasteiger partial charge is 0.322 e. The molecule has 1 aliphatic rings. The van der Waals surface area contributed by atoms with Crippen LogP contribution < -0.4 is 10.2 Å². The SMILES string of the molecule is CCCCc1ccc2c(c1)C(OP(=O)(O)O)CCCN2C(=O)c1ccc(NC(=O)c2ccccc2C)cc1C. The van der Waals surface area contributed by atoms with Crippen LogP contribution in [0.3, 0.4) is 0 Å². The molecular formula is C30H35N2O6P. The molecule has 3 aromatic rings. The average Bonchev–Trinajstić information content (AvgIpc) is 3.05. The predicted molar refractivity (Wildman–Crippen MR) is 152 cm³/mol. The van der Waals surface area contributed by atoms with Gasteiger partial charge in [0, 0.05) is 34.6 Å². The van der Waals surface area contributed by atoms with Gasteiger partial charge in [-0.05, 0) is 86.6 Å². The Morgan fingerprint density at radius 1 is 1.03 bits per heavy atom. The molecule has 0 saturated carbocycles. The van der Waals surface area contributed by atoms with E-state index in [1.807, 2.05) is 50.2 Å². The lowest BCUT2D eigenvalue weighted by molar-refractivity contribution is 0.0984. The van der Waals surface area contributed by atoms with Crippen LogP contribution in [0.25, 0.3) is 0 Å². The molecule has 39 heavy (non-hydrogen) atoms. The Kier molecular flexibility index (Phi) is 9.03. The Balaban J connectivity index is 1.63. The standard InChI is InChI=1S/C30H35N2O6P/c1-4-5-10-22-13-16-27-26(19-22)28(38-39(35,36)37)12-8-17-32(27)30(34)25-15-14-23(18-21(25)3)31-29(33)24-11-7-6-9-20(24)2/h6-7,9,11,13-16,18-19,28H,4-5,8,10,12,17H2,1-3H3,(H,31,33)(H2,35,36,37). The highest BCUT2D eigenvalue weighted by atomic mass is 31.2. The first kappa shape index (κ1) is 28.7. The lowest BCUT2D eigenvalue weighted by Crippen LogP contribution is -2.32. The van der Waals surface area contributed by atoms with Gasteiger partial charge in [-0.3, -0.25) is 14.1 Å². The maximum absolute atomic E-state index is 13.8. The molecule has 0 aromatic heterocycles. The number of fused-ring (bicyclic) bond motifs is 1. The number of aryl methyl sites for hydroxylation is 3. The van der Waals surface area contributed by atoms with Gasteiger partial charge in [-0.2, -0.15) is 0 Å². The number of rotatable bonds is 8. The third kappa shape index (κ3) is 7.02. The molecule has 0 radical (unpaired) electrons. The van der Waals surface area contributed by atoms with Crippen molar-refractivity contribution in [3.63, 3.8) is 0 Å². The minimum atomic E-state index is -4.74. The molecule has 9 heteroatoms. The van der Waals surface area contributed by atoms with Crippen molar-refractivity contribution in [1.82, 2.24) is 0 Å². The van der Waals surface area contributed by atoms with Gasteiger partial charge >= 0.3 is 7.82 Å². The third-order valence-electron chi connectivity index (χ3n) is 7.01. The molecule has 0 spiro atoms. The van der Waals surface area contributed by atoms with E-state index < -0.39 is 13.9 Å². The minimum absolute atomic E-state index is 0.219. The van der Waals surface area contributed by atoms with E-state index >= 15 is 0 Å². The van der Waals surface area contributed by atoms with Crippen LogP contribution in [0.2, 0.25) is 0 Å². The molecule has 1 unspecified atom stereocenters. The summed E-state index contributed by atoms with van der Waals surface area (Å²) in [7, 11) is -4.74. The molecule has 3 N–H and O–H groups in total. The zero-order valence-corrected chi connectivity index (χ0v) is 23.4. The van der Waals surface area contributed by atoms with Crippen molar-refractivity contribution in [1.29, 1.82) is 0 Å². The Hall–Kier alpha value is -3.29. The van der Waals surface area contributed by atoms with Gasteiger partial charge in [-0.1, -0.05) is 43.7 Å². The number of hydrogen-bond acceptors (Lipinski definition) is 4. The molecule has 4 rings (SSSR count). The first-order valence-corrected chi connectivity index (χ1v) is 14.8. The number of phosphoric acid groups is 1. The van der Waals surface area contributed by atoms with Crippen molar-refractivity contribution in [3.05, 3.63) is 94.0 Å². The van der Waals surface area contributed by atoms with E-state index in [4.69, 9.17) is 4.52 Å². The van der Waals surface area contributed by atoms with E-state index in [9.17, 15) is 23.9 Å². The van der Waals surface area contributed by atoms with E-state index in [-0.39, 0.29) is 11.8 Å². The van der Waals surface area contributed by atoms with Gasteiger partial charge in [0.25, 0.3) is 11.8 Å². The first-order chi connectivity index (χ1) is 18.6. The van der Waals surface area contributed by atoms with Gasteiger partial charge in [0.1, 0.15) is 0 Å². The predicted octanol–water partition coefficient (Wildman–Crippen LogP) is 6.49. The van der Waals surface area contributed by atoms with E-state index in [2.05, 4.69) is 12.2 Å². The summed E-state index contributed by atoms with van der Waals surface area (Å²) >= 11 is 0. The fourth-order valence-electron chi connectivity index (χ4n) is 4.99. The molecule has 1 atom stereocenters. The van der Waals surface area contributed by atoms with Gasteiger partial charge in [-0.15, -0.1) is 0 Å². The average molecular weight is 551 g/mol. The van der Waals surface area contributed by atoms with Crippen molar-refractivity contribution in [2.45, 2.75) is 59.0 Å². The summed E-state index contributed by atoms with van der Waals surface area (Å²) in [6.45, 7) is 6.18.